The molecular weight excluding hydrogens is 528 g/mol. The molecule has 1 aliphatic rings. The molecule has 0 aliphatic carbocycles. The van der Waals surface area contributed by atoms with Gasteiger partial charge in [-0.25, -0.2) is 0 Å². The van der Waals surface area contributed by atoms with E-state index < -0.39 is 79.2 Å². The van der Waals surface area contributed by atoms with Crippen molar-refractivity contribution in [2.24, 2.45) is 5.92 Å². The van der Waals surface area contributed by atoms with Gasteiger partial charge in [-0.05, 0) is 24.3 Å². The number of benzene rings is 1. The van der Waals surface area contributed by atoms with Gasteiger partial charge in [0.1, 0.15) is 24.3 Å². The van der Waals surface area contributed by atoms with Gasteiger partial charge < -0.3 is 46.8 Å². The summed E-state index contributed by atoms with van der Waals surface area (Å²) in [7, 11) is 0. The van der Waals surface area contributed by atoms with Crippen LogP contribution in [0.3, 0.4) is 0 Å². The molecule has 1 aromatic rings. The Morgan fingerprint density at radius 2 is 1.62 bits per heavy atom. The second-order valence-corrected chi connectivity index (χ2v) is 10.1. The maximum absolute atomic E-state index is 13.0. The Morgan fingerprint density at radius 3 is 2.15 bits per heavy atom. The molecule has 14 heteroatoms. The molecule has 40 heavy (non-hydrogen) atoms. The van der Waals surface area contributed by atoms with Gasteiger partial charge in [-0.1, -0.05) is 44.2 Å². The lowest BCUT2D eigenvalue weighted by Gasteiger charge is -2.31. The first-order valence-electron chi connectivity index (χ1n) is 13.0. The van der Waals surface area contributed by atoms with E-state index >= 15 is 0 Å². The Bertz CT molecular complexity index is 1040. The highest BCUT2D eigenvalue weighted by Crippen LogP contribution is 2.18. The number of rotatable bonds is 15. The van der Waals surface area contributed by atoms with Crippen LogP contribution in [0.25, 0.3) is 0 Å². The van der Waals surface area contributed by atoms with Crippen molar-refractivity contribution >= 4 is 29.6 Å². The van der Waals surface area contributed by atoms with Gasteiger partial charge in [-0.2, -0.15) is 0 Å². The highest BCUT2D eigenvalue weighted by molar-refractivity contribution is 5.94. The molecular formula is C26H38N4O10. The maximum atomic E-state index is 13.0. The summed E-state index contributed by atoms with van der Waals surface area (Å²) in [6.07, 6.45) is -6.39. The average Bonchev–Trinajstić information content (AvgIpc) is 3.35. The third-order valence-corrected chi connectivity index (χ3v) is 6.43. The van der Waals surface area contributed by atoms with Gasteiger partial charge in [-0.3, -0.25) is 24.0 Å². The zero-order chi connectivity index (χ0) is 30.0. The minimum absolute atomic E-state index is 0.0637. The van der Waals surface area contributed by atoms with Crippen molar-refractivity contribution in [3.63, 3.8) is 0 Å². The number of carbonyl (C=O) groups excluding carboxylic acids is 4. The van der Waals surface area contributed by atoms with E-state index in [2.05, 4.69) is 21.3 Å². The third kappa shape index (κ3) is 9.55. The number of nitrogens with one attached hydrogen (secondary N) is 4. The van der Waals surface area contributed by atoms with E-state index in [1.54, 1.807) is 44.2 Å². The molecule has 222 valence electrons. The molecule has 0 aromatic heterocycles. The number of carboxylic acids is 1. The van der Waals surface area contributed by atoms with Crippen LogP contribution in [0, 0.1) is 5.92 Å². The summed E-state index contributed by atoms with van der Waals surface area (Å²) in [4.78, 5) is 60.9. The van der Waals surface area contributed by atoms with Crippen LogP contribution >= 0.6 is 0 Å². The number of aliphatic carboxylic acids is 1. The van der Waals surface area contributed by atoms with Gasteiger partial charge >= 0.3 is 5.97 Å². The molecule has 1 aliphatic heterocycles. The smallest absolute Gasteiger partial charge is 0.305 e. The fourth-order valence-electron chi connectivity index (χ4n) is 4.26. The molecule has 0 bridgehead atoms. The monoisotopic (exact) mass is 566 g/mol. The van der Waals surface area contributed by atoms with Crippen LogP contribution < -0.4 is 21.3 Å². The van der Waals surface area contributed by atoms with Crippen LogP contribution in [0.5, 0.6) is 0 Å². The molecule has 1 aromatic carbocycles. The van der Waals surface area contributed by atoms with Crippen molar-refractivity contribution in [2.45, 2.75) is 82.0 Å². The molecule has 1 saturated heterocycles. The van der Waals surface area contributed by atoms with E-state index in [1.165, 1.54) is 0 Å². The Kier molecular flexibility index (Phi) is 12.4. The van der Waals surface area contributed by atoms with Crippen molar-refractivity contribution in [1.29, 1.82) is 0 Å². The number of hydrogen-bond donors (Lipinski definition) is 9. The highest BCUT2D eigenvalue weighted by atomic mass is 16.4. The van der Waals surface area contributed by atoms with E-state index in [0.29, 0.717) is 5.56 Å². The van der Waals surface area contributed by atoms with Crippen LogP contribution in [-0.4, -0.2) is 98.2 Å². The fourth-order valence-corrected chi connectivity index (χ4v) is 4.26. The topological polar surface area (TPSA) is 235 Å². The summed E-state index contributed by atoms with van der Waals surface area (Å²) >= 11 is 0. The van der Waals surface area contributed by atoms with Gasteiger partial charge in [0.15, 0.2) is 6.10 Å². The number of carboxylic acid groups (broad SMARTS) is 1. The summed E-state index contributed by atoms with van der Waals surface area (Å²) in [5.74, 6) is -4.15. The number of aliphatic hydroxyl groups is 4. The molecule has 4 amide bonds. The molecule has 0 radical (unpaired) electrons. The maximum Gasteiger partial charge on any atom is 0.305 e. The van der Waals surface area contributed by atoms with E-state index in [9.17, 15) is 49.5 Å². The lowest BCUT2D eigenvalue weighted by molar-refractivity contribution is -0.145. The first kappa shape index (κ1) is 32.6. The third-order valence-electron chi connectivity index (χ3n) is 6.43. The molecule has 2 rings (SSSR count). The molecule has 1 fully saturated rings. The lowest BCUT2D eigenvalue weighted by atomic mass is 9.98. The Labute approximate surface area is 231 Å². The van der Waals surface area contributed by atoms with Crippen LogP contribution in [0.15, 0.2) is 30.3 Å². The van der Waals surface area contributed by atoms with E-state index in [-0.39, 0.29) is 31.1 Å². The first-order chi connectivity index (χ1) is 18.8. The SMILES string of the molecule is CC(C)C[C@H](NC(=O)[C@@H]1CCC(=O)N1)C(=O)N[C@@H](CO)[C@@H](O)[C@@H](O)[C@H](O)C(=O)N[C@@H](CC(=O)O)c1ccccc1. The van der Waals surface area contributed by atoms with E-state index in [1.807, 2.05) is 0 Å². The van der Waals surface area contributed by atoms with Crippen molar-refractivity contribution in [1.82, 2.24) is 21.3 Å². The molecule has 1 heterocycles. The number of carbonyl (C=O) groups is 5. The zero-order valence-electron chi connectivity index (χ0n) is 22.3. The molecule has 9 N–H and O–H groups in total. The standard InChI is InChI=1S/C26H38N4O10/c1-13(2)10-17(29-24(38)15-8-9-19(32)27-15)25(39)30-18(12-31)21(35)22(36)23(37)26(40)28-16(11-20(33)34)14-6-4-3-5-7-14/h3-7,13,15-18,21-23,31,35-37H,8-12H2,1-2H3,(H,27,32)(H,28,40)(H,29,38)(H,30,39)(H,33,34)/t15-,16-,17-,18-,21+,22+,23-/m0/s1. The summed E-state index contributed by atoms with van der Waals surface area (Å²) in [5.41, 5.74) is 0.427. The summed E-state index contributed by atoms with van der Waals surface area (Å²) in [5, 5.41) is 60.2. The number of hydrogen-bond acceptors (Lipinski definition) is 9. The normalized spacial score (nSPS) is 19.5. The van der Waals surface area contributed by atoms with Crippen molar-refractivity contribution in [3.8, 4) is 0 Å². The Morgan fingerprint density at radius 1 is 0.975 bits per heavy atom. The van der Waals surface area contributed by atoms with Crippen LogP contribution in [0.2, 0.25) is 0 Å². The molecule has 0 unspecified atom stereocenters. The molecule has 0 spiro atoms. The Hall–Kier alpha value is -3.59. The van der Waals surface area contributed by atoms with Crippen LogP contribution in [0.4, 0.5) is 0 Å². The van der Waals surface area contributed by atoms with Gasteiger partial charge in [0.2, 0.25) is 17.7 Å². The minimum Gasteiger partial charge on any atom is -0.481 e. The van der Waals surface area contributed by atoms with Gasteiger partial charge in [0.25, 0.3) is 5.91 Å². The lowest BCUT2D eigenvalue weighted by Crippen LogP contribution is -2.60. The second kappa shape index (κ2) is 15.3. The van der Waals surface area contributed by atoms with Crippen LogP contribution in [-0.2, 0) is 24.0 Å². The molecule has 7 atom stereocenters. The fraction of sp³-hybridized carbons (Fsp3) is 0.577. The van der Waals surface area contributed by atoms with Gasteiger partial charge in [0, 0.05) is 6.42 Å². The van der Waals surface area contributed by atoms with Crippen molar-refractivity contribution < 1.29 is 49.5 Å². The summed E-state index contributed by atoms with van der Waals surface area (Å²) in [6.45, 7) is 2.70. The minimum atomic E-state index is -2.25. The van der Waals surface area contributed by atoms with Crippen molar-refractivity contribution in [2.75, 3.05) is 6.61 Å². The highest BCUT2D eigenvalue weighted by Gasteiger charge is 2.38. The summed E-state index contributed by atoms with van der Waals surface area (Å²) < 4.78 is 0. The first-order valence-corrected chi connectivity index (χ1v) is 13.0. The van der Waals surface area contributed by atoms with Gasteiger partial charge in [0.05, 0.1) is 25.1 Å². The Balaban J connectivity index is 2.06. The predicted octanol–water partition coefficient (Wildman–Crippen LogP) is -2.31. The number of aliphatic hydroxyl groups excluding tert-OH is 4. The quantitative estimate of drug-likeness (QED) is 0.110. The molecule has 0 saturated carbocycles. The zero-order valence-corrected chi connectivity index (χ0v) is 22.3. The largest absolute Gasteiger partial charge is 0.481 e. The van der Waals surface area contributed by atoms with Crippen LogP contribution in [0.1, 0.15) is 51.1 Å². The predicted molar refractivity (Wildman–Crippen MR) is 139 cm³/mol. The second-order valence-electron chi connectivity index (χ2n) is 10.1. The van der Waals surface area contributed by atoms with E-state index in [0.717, 1.165) is 0 Å². The summed E-state index contributed by atoms with van der Waals surface area (Å²) in [6, 6.07) is 3.55. The van der Waals surface area contributed by atoms with Crippen molar-refractivity contribution in [3.05, 3.63) is 35.9 Å². The van der Waals surface area contributed by atoms with Gasteiger partial charge in [-0.15, -0.1) is 0 Å². The van der Waals surface area contributed by atoms with E-state index in [4.69, 9.17) is 0 Å². The average molecular weight is 567 g/mol. The number of amides is 4. The molecule has 14 nitrogen and oxygen atoms in total.